The number of fused-ring (bicyclic) bond motifs is 1. The van der Waals surface area contributed by atoms with Crippen molar-refractivity contribution in [3.63, 3.8) is 0 Å². The van der Waals surface area contributed by atoms with Crippen LogP contribution < -0.4 is 15.4 Å². The molecule has 2 heterocycles. The fourth-order valence-corrected chi connectivity index (χ4v) is 4.41. The summed E-state index contributed by atoms with van der Waals surface area (Å²) in [5, 5.41) is 0. The van der Waals surface area contributed by atoms with E-state index in [1.54, 1.807) is 19.1 Å². The van der Waals surface area contributed by atoms with Gasteiger partial charge < -0.3 is 15.2 Å². The number of rotatable bonds is 5. The van der Waals surface area contributed by atoms with Crippen LogP contribution in [-0.4, -0.2) is 35.1 Å². The molecule has 1 fully saturated rings. The lowest BCUT2D eigenvalue weighted by molar-refractivity contribution is -0.158. The molecule has 0 bridgehead atoms. The Kier molecular flexibility index (Phi) is 6.34. The van der Waals surface area contributed by atoms with Gasteiger partial charge in [-0.1, -0.05) is 34.1 Å². The highest BCUT2D eigenvalue weighted by molar-refractivity contribution is 6.03. The zero-order valence-corrected chi connectivity index (χ0v) is 18.1. The molecule has 29 heavy (non-hydrogen) atoms. The second-order valence-electron chi connectivity index (χ2n) is 8.76. The molecule has 7 heteroatoms. The van der Waals surface area contributed by atoms with Crippen LogP contribution in [0.4, 0.5) is 11.6 Å². The fraction of sp³-hybridized carbons (Fsp3) is 0.682. The third kappa shape index (κ3) is 4.33. The van der Waals surface area contributed by atoms with E-state index in [9.17, 15) is 9.59 Å². The van der Waals surface area contributed by atoms with E-state index in [0.717, 1.165) is 19.3 Å². The minimum absolute atomic E-state index is 0.125. The van der Waals surface area contributed by atoms with Gasteiger partial charge in [0.05, 0.1) is 0 Å². The van der Waals surface area contributed by atoms with E-state index in [0.29, 0.717) is 29.9 Å². The molecule has 5 atom stereocenters. The molecule has 2 N–H and O–H groups in total. The highest BCUT2D eigenvalue weighted by Gasteiger charge is 2.42. The molecule has 1 saturated carbocycles. The summed E-state index contributed by atoms with van der Waals surface area (Å²) < 4.78 is 11.7. The molecule has 1 amide bonds. The number of carbonyl (C=O) groups excluding carboxylic acids is 2. The first kappa shape index (κ1) is 21.4. The van der Waals surface area contributed by atoms with Crippen LogP contribution in [0.25, 0.3) is 0 Å². The van der Waals surface area contributed by atoms with Crippen LogP contribution in [0.15, 0.2) is 12.1 Å². The standard InChI is InChI=1S/C22H33N3O4/c1-6-16-21(26)25(20-17(28-16)9-10-19(23)24-20)14(5)22(27)29-18-11-13(4)7-8-15(18)12(2)3/h9-10,12-16,18H,6-8,11H2,1-5H3,(H2,23,24). The molecule has 3 rings (SSSR count). The Morgan fingerprint density at radius 3 is 2.72 bits per heavy atom. The normalized spacial score (nSPS) is 27.9. The van der Waals surface area contributed by atoms with Gasteiger partial charge in [0.25, 0.3) is 5.91 Å². The molecule has 0 spiro atoms. The van der Waals surface area contributed by atoms with Crippen LogP contribution in [0.5, 0.6) is 5.75 Å². The molecular weight excluding hydrogens is 370 g/mol. The van der Waals surface area contributed by atoms with E-state index in [4.69, 9.17) is 15.2 Å². The van der Waals surface area contributed by atoms with Crippen molar-refractivity contribution in [2.45, 2.75) is 78.6 Å². The second kappa shape index (κ2) is 8.59. The van der Waals surface area contributed by atoms with Gasteiger partial charge in [-0.05, 0) is 56.1 Å². The highest BCUT2D eigenvalue weighted by atomic mass is 16.5. The number of anilines is 2. The van der Waals surface area contributed by atoms with E-state index in [2.05, 4.69) is 25.8 Å². The average molecular weight is 404 g/mol. The summed E-state index contributed by atoms with van der Waals surface area (Å²) in [6.07, 6.45) is 2.79. The van der Waals surface area contributed by atoms with Crippen molar-refractivity contribution in [2.24, 2.45) is 17.8 Å². The number of pyridine rings is 1. The van der Waals surface area contributed by atoms with Crippen LogP contribution in [-0.2, 0) is 14.3 Å². The predicted molar refractivity (Wildman–Crippen MR) is 112 cm³/mol. The van der Waals surface area contributed by atoms with Gasteiger partial charge in [0.2, 0.25) is 0 Å². The molecule has 5 unspecified atom stereocenters. The van der Waals surface area contributed by atoms with Crippen molar-refractivity contribution >= 4 is 23.5 Å². The van der Waals surface area contributed by atoms with Crippen LogP contribution in [0, 0.1) is 17.8 Å². The van der Waals surface area contributed by atoms with Crippen molar-refractivity contribution < 1.29 is 19.1 Å². The van der Waals surface area contributed by atoms with E-state index >= 15 is 0 Å². The maximum Gasteiger partial charge on any atom is 0.329 e. The number of aromatic nitrogens is 1. The molecule has 0 saturated heterocycles. The molecule has 1 aromatic heterocycles. The van der Waals surface area contributed by atoms with Crippen molar-refractivity contribution in [1.29, 1.82) is 0 Å². The lowest BCUT2D eigenvalue weighted by atomic mass is 9.75. The van der Waals surface area contributed by atoms with E-state index in [-0.39, 0.29) is 23.6 Å². The van der Waals surface area contributed by atoms with Crippen molar-refractivity contribution in [1.82, 2.24) is 4.98 Å². The van der Waals surface area contributed by atoms with Crippen LogP contribution >= 0.6 is 0 Å². The lowest BCUT2D eigenvalue weighted by Crippen LogP contribution is -2.53. The quantitative estimate of drug-likeness (QED) is 0.756. The zero-order valence-electron chi connectivity index (χ0n) is 18.1. The molecule has 1 aliphatic heterocycles. The smallest absolute Gasteiger partial charge is 0.329 e. The fourth-order valence-electron chi connectivity index (χ4n) is 4.41. The summed E-state index contributed by atoms with van der Waals surface area (Å²) in [6.45, 7) is 10.1. The minimum atomic E-state index is -0.807. The molecule has 0 radical (unpaired) electrons. The zero-order chi connectivity index (χ0) is 21.3. The summed E-state index contributed by atoms with van der Waals surface area (Å²) >= 11 is 0. The number of carbonyl (C=O) groups is 2. The van der Waals surface area contributed by atoms with E-state index in [1.165, 1.54) is 4.90 Å². The summed E-state index contributed by atoms with van der Waals surface area (Å²) in [6, 6.07) is 2.51. The van der Waals surface area contributed by atoms with Crippen LogP contribution in [0.1, 0.15) is 60.3 Å². The Balaban J connectivity index is 1.84. The SMILES string of the molecule is CCC1Oc2ccc(N)nc2N(C(C)C(=O)OC2CC(C)CCC2C(C)C)C1=O. The minimum Gasteiger partial charge on any atom is -0.477 e. The van der Waals surface area contributed by atoms with Crippen molar-refractivity contribution in [3.8, 4) is 5.75 Å². The summed E-state index contributed by atoms with van der Waals surface area (Å²) in [5.41, 5.74) is 5.83. The number of nitrogen functional groups attached to an aromatic ring is 1. The molecule has 160 valence electrons. The Morgan fingerprint density at radius 1 is 1.34 bits per heavy atom. The topological polar surface area (TPSA) is 94.8 Å². The Bertz CT molecular complexity index is 766. The maximum atomic E-state index is 13.1. The third-order valence-corrected chi connectivity index (χ3v) is 6.20. The van der Waals surface area contributed by atoms with Gasteiger partial charge in [-0.25, -0.2) is 9.78 Å². The third-order valence-electron chi connectivity index (χ3n) is 6.20. The summed E-state index contributed by atoms with van der Waals surface area (Å²) in [7, 11) is 0. The number of hydrogen-bond donors (Lipinski definition) is 1. The Morgan fingerprint density at radius 2 is 2.07 bits per heavy atom. The molecule has 2 aliphatic rings. The number of ether oxygens (including phenoxy) is 2. The lowest BCUT2D eigenvalue weighted by Gasteiger charge is -2.39. The van der Waals surface area contributed by atoms with Gasteiger partial charge in [0.1, 0.15) is 18.0 Å². The van der Waals surface area contributed by atoms with Gasteiger partial charge in [0, 0.05) is 0 Å². The molecular formula is C22H33N3O4. The number of amides is 1. The van der Waals surface area contributed by atoms with Gasteiger partial charge in [-0.15, -0.1) is 0 Å². The largest absolute Gasteiger partial charge is 0.477 e. The first-order valence-corrected chi connectivity index (χ1v) is 10.7. The van der Waals surface area contributed by atoms with Crippen LogP contribution in [0.2, 0.25) is 0 Å². The van der Waals surface area contributed by atoms with Crippen molar-refractivity contribution in [3.05, 3.63) is 12.1 Å². The van der Waals surface area contributed by atoms with Gasteiger partial charge in [-0.3, -0.25) is 9.69 Å². The summed E-state index contributed by atoms with van der Waals surface area (Å²) in [4.78, 5) is 31.8. The van der Waals surface area contributed by atoms with E-state index in [1.807, 2.05) is 6.92 Å². The van der Waals surface area contributed by atoms with Gasteiger partial charge in [-0.2, -0.15) is 0 Å². The van der Waals surface area contributed by atoms with Gasteiger partial charge in [0.15, 0.2) is 17.7 Å². The highest BCUT2D eigenvalue weighted by Crippen LogP contribution is 2.37. The Labute approximate surface area is 172 Å². The maximum absolute atomic E-state index is 13.1. The number of esters is 1. The molecule has 7 nitrogen and oxygen atoms in total. The molecule has 0 aromatic carbocycles. The number of nitrogens with two attached hydrogens (primary N) is 1. The average Bonchev–Trinajstić information content (AvgIpc) is 2.67. The first-order valence-electron chi connectivity index (χ1n) is 10.7. The molecule has 1 aromatic rings. The predicted octanol–water partition coefficient (Wildman–Crippen LogP) is 3.56. The number of nitrogens with zero attached hydrogens (tertiary/aromatic N) is 2. The van der Waals surface area contributed by atoms with Gasteiger partial charge >= 0.3 is 5.97 Å². The monoisotopic (exact) mass is 403 g/mol. The first-order chi connectivity index (χ1) is 13.7. The van der Waals surface area contributed by atoms with Crippen LogP contribution in [0.3, 0.4) is 0 Å². The van der Waals surface area contributed by atoms with E-state index < -0.39 is 18.1 Å². The number of hydrogen-bond acceptors (Lipinski definition) is 6. The second-order valence-corrected chi connectivity index (χ2v) is 8.76. The summed E-state index contributed by atoms with van der Waals surface area (Å²) in [5.74, 6) is 1.60. The Hall–Kier alpha value is -2.31. The molecule has 1 aliphatic carbocycles. The van der Waals surface area contributed by atoms with Crippen molar-refractivity contribution in [2.75, 3.05) is 10.6 Å².